The first kappa shape index (κ1) is 15.5. The minimum Gasteiger partial charge on any atom is -0.383 e. The highest BCUT2D eigenvalue weighted by Gasteiger charge is 2.15. The van der Waals surface area contributed by atoms with Crippen molar-refractivity contribution in [2.75, 3.05) is 20.3 Å². The molecule has 0 aliphatic heterocycles. The highest BCUT2D eigenvalue weighted by molar-refractivity contribution is 5.54. The second kappa shape index (κ2) is 7.24. The highest BCUT2D eigenvalue weighted by atomic mass is 19.1. The zero-order chi connectivity index (χ0) is 15.2. The molecule has 0 saturated heterocycles. The molecular formula is C14H17F2N3O2. The van der Waals surface area contributed by atoms with Gasteiger partial charge in [-0.2, -0.15) is 4.98 Å². The summed E-state index contributed by atoms with van der Waals surface area (Å²) in [6.45, 7) is 3.27. The van der Waals surface area contributed by atoms with Crippen LogP contribution in [0.3, 0.4) is 0 Å². The van der Waals surface area contributed by atoms with E-state index in [9.17, 15) is 8.78 Å². The molecule has 5 nitrogen and oxygen atoms in total. The Morgan fingerprint density at radius 3 is 2.62 bits per heavy atom. The quantitative estimate of drug-likeness (QED) is 0.849. The zero-order valence-electron chi connectivity index (χ0n) is 11.9. The number of hydrogen-bond acceptors (Lipinski definition) is 5. The van der Waals surface area contributed by atoms with E-state index in [1.54, 1.807) is 7.11 Å². The maximum Gasteiger partial charge on any atom is 0.228 e. The molecule has 0 bridgehead atoms. The molecule has 0 radical (unpaired) electrons. The van der Waals surface area contributed by atoms with Crippen LogP contribution in [-0.2, 0) is 11.2 Å². The third-order valence-electron chi connectivity index (χ3n) is 2.87. The molecule has 7 heteroatoms. The third kappa shape index (κ3) is 4.30. The number of nitrogens with one attached hydrogen (secondary N) is 1. The molecule has 1 unspecified atom stereocenters. The molecule has 1 aromatic carbocycles. The fourth-order valence-corrected chi connectivity index (χ4v) is 2.03. The van der Waals surface area contributed by atoms with Crippen LogP contribution < -0.4 is 5.32 Å². The molecule has 1 atom stereocenters. The van der Waals surface area contributed by atoms with Gasteiger partial charge in [0, 0.05) is 31.2 Å². The Morgan fingerprint density at radius 2 is 2.00 bits per heavy atom. The molecule has 1 N–H and O–H groups in total. The summed E-state index contributed by atoms with van der Waals surface area (Å²) in [5.41, 5.74) is 0.245. The van der Waals surface area contributed by atoms with Gasteiger partial charge in [0.15, 0.2) is 0 Å². The lowest BCUT2D eigenvalue weighted by molar-refractivity contribution is 0.162. The summed E-state index contributed by atoms with van der Waals surface area (Å²) in [6, 6.07) is 3.16. The normalized spacial score (nSPS) is 12.6. The molecule has 2 rings (SSSR count). The van der Waals surface area contributed by atoms with Crippen LogP contribution in [-0.4, -0.2) is 36.4 Å². The van der Waals surface area contributed by atoms with Crippen LogP contribution in [0.2, 0.25) is 0 Å². The largest absolute Gasteiger partial charge is 0.383 e. The lowest BCUT2D eigenvalue weighted by Gasteiger charge is -2.14. The number of benzene rings is 1. The van der Waals surface area contributed by atoms with E-state index in [4.69, 9.17) is 9.26 Å². The molecule has 2 aromatic rings. The fourth-order valence-electron chi connectivity index (χ4n) is 2.03. The van der Waals surface area contributed by atoms with Crippen LogP contribution in [0.5, 0.6) is 0 Å². The summed E-state index contributed by atoms with van der Waals surface area (Å²) >= 11 is 0. The average molecular weight is 297 g/mol. The van der Waals surface area contributed by atoms with E-state index in [1.807, 2.05) is 6.92 Å². The molecule has 0 amide bonds. The van der Waals surface area contributed by atoms with E-state index in [0.717, 1.165) is 24.7 Å². The minimum absolute atomic E-state index is 0.0394. The van der Waals surface area contributed by atoms with Gasteiger partial charge in [-0.15, -0.1) is 0 Å². The summed E-state index contributed by atoms with van der Waals surface area (Å²) in [4.78, 5) is 4.16. The number of aromatic nitrogens is 2. The van der Waals surface area contributed by atoms with Crippen LogP contribution in [0, 0.1) is 11.6 Å². The van der Waals surface area contributed by atoms with E-state index in [1.165, 1.54) is 0 Å². The molecule has 0 aliphatic rings. The standard InChI is InChI=1S/C14H17F2N3O2/c1-3-17-12(8-20-2)7-13-18-14(19-21-13)9-4-10(15)6-11(16)5-9/h4-6,12,17H,3,7-8H2,1-2H3. The number of rotatable bonds is 7. The SMILES string of the molecule is CCNC(COC)Cc1nc(-c2cc(F)cc(F)c2)no1. The maximum absolute atomic E-state index is 13.2. The summed E-state index contributed by atoms with van der Waals surface area (Å²) in [5, 5.41) is 6.98. The summed E-state index contributed by atoms with van der Waals surface area (Å²) in [7, 11) is 1.61. The first-order valence-electron chi connectivity index (χ1n) is 6.63. The van der Waals surface area contributed by atoms with Crippen molar-refractivity contribution in [3.05, 3.63) is 35.7 Å². The Bertz CT molecular complexity index is 563. The van der Waals surface area contributed by atoms with E-state index < -0.39 is 11.6 Å². The first-order chi connectivity index (χ1) is 10.1. The van der Waals surface area contributed by atoms with Gasteiger partial charge in [0.25, 0.3) is 0 Å². The topological polar surface area (TPSA) is 60.2 Å². The van der Waals surface area contributed by atoms with E-state index >= 15 is 0 Å². The third-order valence-corrected chi connectivity index (χ3v) is 2.87. The van der Waals surface area contributed by atoms with Gasteiger partial charge < -0.3 is 14.6 Å². The minimum atomic E-state index is -0.679. The zero-order valence-corrected chi connectivity index (χ0v) is 11.9. The molecular weight excluding hydrogens is 280 g/mol. The van der Waals surface area contributed by atoms with Crippen LogP contribution >= 0.6 is 0 Å². The van der Waals surface area contributed by atoms with Crippen LogP contribution in [0.1, 0.15) is 12.8 Å². The van der Waals surface area contributed by atoms with Crippen molar-refractivity contribution in [3.8, 4) is 11.4 Å². The van der Waals surface area contributed by atoms with Crippen LogP contribution in [0.25, 0.3) is 11.4 Å². The molecule has 114 valence electrons. The second-order valence-electron chi connectivity index (χ2n) is 4.58. The van der Waals surface area contributed by atoms with Gasteiger partial charge in [0.05, 0.1) is 6.61 Å². The average Bonchev–Trinajstić information content (AvgIpc) is 2.87. The molecule has 1 heterocycles. The molecule has 21 heavy (non-hydrogen) atoms. The van der Waals surface area contributed by atoms with Gasteiger partial charge in [-0.3, -0.25) is 0 Å². The van der Waals surface area contributed by atoms with E-state index in [0.29, 0.717) is 18.9 Å². The molecule has 0 fully saturated rings. The fraction of sp³-hybridized carbons (Fsp3) is 0.429. The van der Waals surface area contributed by atoms with Gasteiger partial charge in [0.2, 0.25) is 11.7 Å². The highest BCUT2D eigenvalue weighted by Crippen LogP contribution is 2.19. The van der Waals surface area contributed by atoms with E-state index in [2.05, 4.69) is 15.5 Å². The van der Waals surface area contributed by atoms with Crippen molar-refractivity contribution in [2.45, 2.75) is 19.4 Å². The lowest BCUT2D eigenvalue weighted by atomic mass is 10.2. The predicted octanol–water partition coefficient (Wildman–Crippen LogP) is 2.18. The van der Waals surface area contributed by atoms with Crippen molar-refractivity contribution in [3.63, 3.8) is 0 Å². The molecule has 0 spiro atoms. The Labute approximate surface area is 121 Å². The van der Waals surface area contributed by atoms with Gasteiger partial charge in [-0.05, 0) is 18.7 Å². The Hall–Kier alpha value is -1.86. The van der Waals surface area contributed by atoms with Crippen molar-refractivity contribution < 1.29 is 18.0 Å². The molecule has 0 aliphatic carbocycles. The number of hydrogen-bond donors (Lipinski definition) is 1. The van der Waals surface area contributed by atoms with Gasteiger partial charge in [-0.1, -0.05) is 12.1 Å². The van der Waals surface area contributed by atoms with Crippen molar-refractivity contribution in [1.29, 1.82) is 0 Å². The Kier molecular flexibility index (Phi) is 5.35. The Morgan fingerprint density at radius 1 is 1.29 bits per heavy atom. The van der Waals surface area contributed by atoms with Crippen LogP contribution in [0.4, 0.5) is 8.78 Å². The molecule has 0 saturated carbocycles. The number of nitrogens with zero attached hydrogens (tertiary/aromatic N) is 2. The van der Waals surface area contributed by atoms with Crippen molar-refractivity contribution in [1.82, 2.24) is 15.5 Å². The second-order valence-corrected chi connectivity index (χ2v) is 4.58. The summed E-state index contributed by atoms with van der Waals surface area (Å²) in [6.07, 6.45) is 0.479. The predicted molar refractivity (Wildman–Crippen MR) is 72.7 cm³/mol. The van der Waals surface area contributed by atoms with Crippen molar-refractivity contribution in [2.24, 2.45) is 0 Å². The van der Waals surface area contributed by atoms with Crippen molar-refractivity contribution >= 4 is 0 Å². The number of methoxy groups -OCH3 is 1. The monoisotopic (exact) mass is 297 g/mol. The lowest BCUT2D eigenvalue weighted by Crippen LogP contribution is -2.35. The van der Waals surface area contributed by atoms with Crippen LogP contribution in [0.15, 0.2) is 22.7 Å². The summed E-state index contributed by atoms with van der Waals surface area (Å²) < 4.78 is 36.6. The summed E-state index contributed by atoms with van der Waals surface area (Å²) in [5.74, 6) is -0.809. The maximum atomic E-state index is 13.2. The Balaban J connectivity index is 2.13. The number of ether oxygens (including phenoxy) is 1. The number of likely N-dealkylation sites (N-methyl/N-ethyl adjacent to an activating group) is 1. The van der Waals surface area contributed by atoms with Gasteiger partial charge >= 0.3 is 0 Å². The first-order valence-corrected chi connectivity index (χ1v) is 6.63. The van der Waals surface area contributed by atoms with Gasteiger partial charge in [0.1, 0.15) is 11.6 Å². The smallest absolute Gasteiger partial charge is 0.228 e. The number of halogens is 2. The van der Waals surface area contributed by atoms with Gasteiger partial charge in [-0.25, -0.2) is 8.78 Å². The molecule has 1 aromatic heterocycles. The van der Waals surface area contributed by atoms with E-state index in [-0.39, 0.29) is 17.4 Å².